The maximum Gasteiger partial charge on any atom is 0.256 e. The van der Waals surface area contributed by atoms with Gasteiger partial charge < -0.3 is 10.3 Å². The van der Waals surface area contributed by atoms with Crippen LogP contribution in [0.3, 0.4) is 0 Å². The zero-order valence-electron chi connectivity index (χ0n) is 12.0. The summed E-state index contributed by atoms with van der Waals surface area (Å²) in [4.78, 5) is 15.3. The fraction of sp³-hybridized carbons (Fsp3) is 0.0588. The molecule has 0 fully saturated rings. The molecule has 0 saturated heterocycles. The van der Waals surface area contributed by atoms with Gasteiger partial charge in [0.1, 0.15) is 0 Å². The molecule has 3 aromatic rings. The number of aromatic nitrogens is 3. The van der Waals surface area contributed by atoms with Crippen LogP contribution in [-0.4, -0.2) is 20.7 Å². The van der Waals surface area contributed by atoms with Crippen molar-refractivity contribution >= 4 is 23.2 Å². The van der Waals surface area contributed by atoms with E-state index in [2.05, 4.69) is 15.4 Å². The van der Waals surface area contributed by atoms with Crippen LogP contribution in [0.4, 0.5) is 5.69 Å². The molecular weight excluding hydrogens is 276 g/mol. The SMILES string of the molecule is Cn1nccc1-c1ccc2c(c1)/C(=C/c1ccc[nH]1)C(=O)N2. The lowest BCUT2D eigenvalue weighted by atomic mass is 10.0. The zero-order valence-corrected chi connectivity index (χ0v) is 12.0. The van der Waals surface area contributed by atoms with E-state index in [1.807, 2.05) is 60.4 Å². The zero-order chi connectivity index (χ0) is 15.1. The normalized spacial score (nSPS) is 15.1. The quantitative estimate of drug-likeness (QED) is 0.713. The number of hydrogen-bond acceptors (Lipinski definition) is 2. The first kappa shape index (κ1) is 12.6. The molecule has 1 aliphatic heterocycles. The van der Waals surface area contributed by atoms with Gasteiger partial charge >= 0.3 is 0 Å². The highest BCUT2D eigenvalue weighted by Crippen LogP contribution is 2.35. The van der Waals surface area contributed by atoms with Gasteiger partial charge in [0.25, 0.3) is 5.91 Å². The second-order valence-corrected chi connectivity index (χ2v) is 5.24. The first-order valence-corrected chi connectivity index (χ1v) is 7.01. The fourth-order valence-electron chi connectivity index (χ4n) is 2.74. The number of aromatic amines is 1. The van der Waals surface area contributed by atoms with Crippen molar-refractivity contribution in [3.8, 4) is 11.3 Å². The Morgan fingerprint density at radius 1 is 1.23 bits per heavy atom. The standard InChI is InChI=1S/C17H14N4O/c1-21-16(6-8-19-21)11-4-5-15-13(9-11)14(17(22)20-15)10-12-3-2-7-18-12/h2-10,18H,1H3,(H,20,22)/b14-10-. The van der Waals surface area contributed by atoms with E-state index in [0.717, 1.165) is 28.2 Å². The maximum atomic E-state index is 12.2. The Balaban J connectivity index is 1.84. The first-order chi connectivity index (χ1) is 10.7. The van der Waals surface area contributed by atoms with Gasteiger partial charge in [-0.2, -0.15) is 5.10 Å². The number of amides is 1. The Labute approximate surface area is 127 Å². The van der Waals surface area contributed by atoms with Crippen LogP contribution >= 0.6 is 0 Å². The van der Waals surface area contributed by atoms with Crippen molar-refractivity contribution in [1.29, 1.82) is 0 Å². The molecule has 22 heavy (non-hydrogen) atoms. The van der Waals surface area contributed by atoms with E-state index >= 15 is 0 Å². The molecule has 3 heterocycles. The highest BCUT2D eigenvalue weighted by atomic mass is 16.2. The van der Waals surface area contributed by atoms with Crippen molar-refractivity contribution in [1.82, 2.24) is 14.8 Å². The highest BCUT2D eigenvalue weighted by molar-refractivity contribution is 6.35. The number of H-pyrrole nitrogens is 1. The van der Waals surface area contributed by atoms with Gasteiger partial charge in [0.15, 0.2) is 0 Å². The molecule has 2 N–H and O–H groups in total. The summed E-state index contributed by atoms with van der Waals surface area (Å²) >= 11 is 0. The second kappa shape index (κ2) is 4.73. The Bertz CT molecular complexity index is 887. The molecule has 0 aliphatic carbocycles. The predicted octanol–water partition coefficient (Wildman–Crippen LogP) is 2.91. The van der Waals surface area contributed by atoms with E-state index in [0.29, 0.717) is 5.57 Å². The van der Waals surface area contributed by atoms with E-state index in [1.54, 1.807) is 6.20 Å². The molecule has 5 heteroatoms. The van der Waals surface area contributed by atoms with E-state index in [-0.39, 0.29) is 5.91 Å². The van der Waals surface area contributed by atoms with Crippen molar-refractivity contribution in [2.24, 2.45) is 7.05 Å². The number of carbonyl (C=O) groups excluding carboxylic acids is 1. The van der Waals surface area contributed by atoms with Crippen molar-refractivity contribution in [2.45, 2.75) is 0 Å². The maximum absolute atomic E-state index is 12.2. The molecule has 1 amide bonds. The number of rotatable bonds is 2. The summed E-state index contributed by atoms with van der Waals surface area (Å²) in [5.41, 5.74) is 5.38. The summed E-state index contributed by atoms with van der Waals surface area (Å²) in [5, 5.41) is 7.10. The minimum absolute atomic E-state index is 0.0771. The molecule has 0 atom stereocenters. The third-order valence-corrected chi connectivity index (χ3v) is 3.84. The van der Waals surface area contributed by atoms with Gasteiger partial charge in [-0.1, -0.05) is 6.07 Å². The minimum atomic E-state index is -0.0771. The molecule has 4 rings (SSSR count). The van der Waals surface area contributed by atoms with E-state index in [4.69, 9.17) is 0 Å². The topological polar surface area (TPSA) is 62.7 Å². The van der Waals surface area contributed by atoms with Gasteiger partial charge in [-0.05, 0) is 36.4 Å². The number of benzene rings is 1. The molecule has 108 valence electrons. The highest BCUT2D eigenvalue weighted by Gasteiger charge is 2.24. The van der Waals surface area contributed by atoms with Gasteiger partial charge in [-0.25, -0.2) is 0 Å². The van der Waals surface area contributed by atoms with Crippen LogP contribution in [0.5, 0.6) is 0 Å². The lowest BCUT2D eigenvalue weighted by Gasteiger charge is -2.05. The molecule has 1 aliphatic rings. The van der Waals surface area contributed by atoms with Gasteiger partial charge in [0, 0.05) is 41.9 Å². The summed E-state index contributed by atoms with van der Waals surface area (Å²) in [6.45, 7) is 0. The Morgan fingerprint density at radius 2 is 2.14 bits per heavy atom. The number of nitrogens with one attached hydrogen (secondary N) is 2. The third kappa shape index (κ3) is 1.95. The van der Waals surface area contributed by atoms with Crippen LogP contribution in [0, 0.1) is 0 Å². The van der Waals surface area contributed by atoms with Crippen LogP contribution in [0.2, 0.25) is 0 Å². The molecule has 5 nitrogen and oxygen atoms in total. The summed E-state index contributed by atoms with van der Waals surface area (Å²) < 4.78 is 1.82. The van der Waals surface area contributed by atoms with E-state index in [1.165, 1.54) is 0 Å². The first-order valence-electron chi connectivity index (χ1n) is 7.01. The van der Waals surface area contributed by atoms with Crippen LogP contribution in [0.1, 0.15) is 11.3 Å². The van der Waals surface area contributed by atoms with Crippen molar-refractivity contribution in [3.63, 3.8) is 0 Å². The van der Waals surface area contributed by atoms with Gasteiger partial charge in [0.05, 0.1) is 11.3 Å². The molecular formula is C17H14N4O. The Kier molecular flexibility index (Phi) is 2.72. The smallest absolute Gasteiger partial charge is 0.256 e. The number of anilines is 1. The number of fused-ring (bicyclic) bond motifs is 1. The third-order valence-electron chi connectivity index (χ3n) is 3.84. The molecule has 1 aromatic carbocycles. The van der Waals surface area contributed by atoms with Crippen LogP contribution in [0.15, 0.2) is 48.8 Å². The molecule has 0 unspecified atom stereocenters. The lowest BCUT2D eigenvalue weighted by Crippen LogP contribution is -2.03. The average Bonchev–Trinajstić information content (AvgIpc) is 3.22. The predicted molar refractivity (Wildman–Crippen MR) is 85.9 cm³/mol. The fourth-order valence-corrected chi connectivity index (χ4v) is 2.74. The van der Waals surface area contributed by atoms with E-state index in [9.17, 15) is 4.79 Å². The van der Waals surface area contributed by atoms with Crippen molar-refractivity contribution < 1.29 is 4.79 Å². The lowest BCUT2D eigenvalue weighted by molar-refractivity contribution is -0.110. The Morgan fingerprint density at radius 3 is 2.86 bits per heavy atom. The summed E-state index contributed by atoms with van der Waals surface area (Å²) in [6, 6.07) is 11.8. The molecule has 2 aromatic heterocycles. The summed E-state index contributed by atoms with van der Waals surface area (Å²) in [5.74, 6) is -0.0771. The summed E-state index contributed by atoms with van der Waals surface area (Å²) in [7, 11) is 1.90. The monoisotopic (exact) mass is 290 g/mol. The van der Waals surface area contributed by atoms with Crippen molar-refractivity contribution in [2.75, 3.05) is 5.32 Å². The van der Waals surface area contributed by atoms with Gasteiger partial charge in [-0.15, -0.1) is 0 Å². The minimum Gasteiger partial charge on any atom is -0.362 e. The van der Waals surface area contributed by atoms with Crippen LogP contribution < -0.4 is 5.32 Å². The van der Waals surface area contributed by atoms with Crippen molar-refractivity contribution in [3.05, 3.63) is 60.0 Å². The average molecular weight is 290 g/mol. The second-order valence-electron chi connectivity index (χ2n) is 5.24. The van der Waals surface area contributed by atoms with E-state index < -0.39 is 0 Å². The number of nitrogens with zero attached hydrogens (tertiary/aromatic N) is 2. The molecule has 0 bridgehead atoms. The molecule has 0 radical (unpaired) electrons. The molecule has 0 saturated carbocycles. The summed E-state index contributed by atoms with van der Waals surface area (Å²) in [6.07, 6.45) is 5.47. The van der Waals surface area contributed by atoms with Gasteiger partial charge in [0.2, 0.25) is 0 Å². The Hall–Kier alpha value is -3.08. The number of hydrogen-bond donors (Lipinski definition) is 2. The number of carbonyl (C=O) groups is 1. The molecule has 0 spiro atoms. The van der Waals surface area contributed by atoms with Gasteiger partial charge in [-0.3, -0.25) is 9.48 Å². The largest absolute Gasteiger partial charge is 0.362 e. The van der Waals surface area contributed by atoms with Crippen LogP contribution in [0.25, 0.3) is 22.9 Å². The number of aryl methyl sites for hydroxylation is 1. The van der Waals surface area contributed by atoms with Crippen LogP contribution in [-0.2, 0) is 11.8 Å².